The van der Waals surface area contributed by atoms with Crippen molar-refractivity contribution in [2.75, 3.05) is 39.4 Å². The third-order valence-corrected chi connectivity index (χ3v) is 7.53. The van der Waals surface area contributed by atoms with Gasteiger partial charge in [-0.15, -0.1) is 0 Å². The van der Waals surface area contributed by atoms with E-state index < -0.39 is 10.0 Å². The first-order valence-electron chi connectivity index (χ1n) is 11.1. The lowest BCUT2D eigenvalue weighted by Crippen LogP contribution is -2.51. The zero-order valence-electron chi connectivity index (χ0n) is 18.2. The van der Waals surface area contributed by atoms with E-state index in [9.17, 15) is 13.2 Å². The fourth-order valence-corrected chi connectivity index (χ4v) is 5.34. The number of aryl methyl sites for hydroxylation is 2. The number of nitrogens with one attached hydrogen (secondary N) is 2. The maximum atomic E-state index is 12.6. The van der Waals surface area contributed by atoms with Crippen LogP contribution in [0.15, 0.2) is 23.1 Å². The predicted octanol–water partition coefficient (Wildman–Crippen LogP) is 1.71. The van der Waals surface area contributed by atoms with Crippen LogP contribution in [0.5, 0.6) is 0 Å². The summed E-state index contributed by atoms with van der Waals surface area (Å²) in [6.45, 7) is 8.16. The number of amides is 1. The number of fused-ring (bicyclic) bond motifs is 1. The van der Waals surface area contributed by atoms with Gasteiger partial charge in [-0.05, 0) is 54.9 Å². The van der Waals surface area contributed by atoms with Crippen LogP contribution in [0, 0.1) is 5.92 Å². The molecule has 0 radical (unpaired) electrons. The average molecular weight is 438 g/mol. The van der Waals surface area contributed by atoms with Gasteiger partial charge in [-0.2, -0.15) is 0 Å². The van der Waals surface area contributed by atoms with Gasteiger partial charge in [-0.25, -0.2) is 13.1 Å². The van der Waals surface area contributed by atoms with Crippen molar-refractivity contribution >= 4 is 15.9 Å². The molecule has 1 saturated heterocycles. The first-order valence-corrected chi connectivity index (χ1v) is 12.5. The largest absolute Gasteiger partial charge is 0.379 e. The molecule has 0 bridgehead atoms. The van der Waals surface area contributed by atoms with Crippen molar-refractivity contribution in [2.45, 2.75) is 56.9 Å². The topological polar surface area (TPSA) is 87.7 Å². The van der Waals surface area contributed by atoms with Crippen molar-refractivity contribution in [3.8, 4) is 0 Å². The fraction of sp³-hybridized carbons (Fsp3) is 0.682. The summed E-state index contributed by atoms with van der Waals surface area (Å²) < 4.78 is 33.2. The number of carbonyl (C=O) groups is 1. The Balaban J connectivity index is 1.46. The van der Waals surface area contributed by atoms with Gasteiger partial charge in [0.1, 0.15) is 0 Å². The molecule has 0 saturated carbocycles. The molecule has 1 aromatic carbocycles. The van der Waals surface area contributed by atoms with Gasteiger partial charge in [0.15, 0.2) is 0 Å². The van der Waals surface area contributed by atoms with Crippen molar-refractivity contribution < 1.29 is 17.9 Å². The van der Waals surface area contributed by atoms with E-state index >= 15 is 0 Å². The monoisotopic (exact) mass is 437 g/mol. The van der Waals surface area contributed by atoms with Crippen LogP contribution in [0.25, 0.3) is 0 Å². The van der Waals surface area contributed by atoms with E-state index in [1.165, 1.54) is 5.56 Å². The molecule has 7 nitrogen and oxygen atoms in total. The molecule has 1 unspecified atom stereocenters. The number of morpholine rings is 1. The summed E-state index contributed by atoms with van der Waals surface area (Å²) in [4.78, 5) is 14.9. The van der Waals surface area contributed by atoms with Crippen LogP contribution in [-0.4, -0.2) is 64.7 Å². The summed E-state index contributed by atoms with van der Waals surface area (Å²) >= 11 is 0. The van der Waals surface area contributed by atoms with Gasteiger partial charge in [0.05, 0.1) is 18.1 Å². The third-order valence-electron chi connectivity index (χ3n) is 6.07. The molecule has 0 spiro atoms. The Labute approximate surface area is 180 Å². The summed E-state index contributed by atoms with van der Waals surface area (Å²) in [6, 6.07) is 5.63. The Morgan fingerprint density at radius 1 is 1.13 bits per heavy atom. The second-order valence-electron chi connectivity index (χ2n) is 8.55. The summed E-state index contributed by atoms with van der Waals surface area (Å²) in [7, 11) is -3.60. The molecule has 30 heavy (non-hydrogen) atoms. The van der Waals surface area contributed by atoms with Crippen molar-refractivity contribution in [3.05, 3.63) is 29.3 Å². The van der Waals surface area contributed by atoms with Gasteiger partial charge in [0, 0.05) is 38.6 Å². The van der Waals surface area contributed by atoms with Crippen LogP contribution in [0.3, 0.4) is 0 Å². The van der Waals surface area contributed by atoms with E-state index in [1.54, 1.807) is 12.1 Å². The van der Waals surface area contributed by atoms with E-state index in [1.807, 2.05) is 6.07 Å². The fourth-order valence-electron chi connectivity index (χ4n) is 4.26. The Morgan fingerprint density at radius 3 is 2.53 bits per heavy atom. The Bertz CT molecular complexity index is 820. The number of benzene rings is 1. The summed E-state index contributed by atoms with van der Waals surface area (Å²) in [6.07, 6.45) is 4.34. The molecule has 1 aliphatic carbocycles. The highest BCUT2D eigenvalue weighted by Crippen LogP contribution is 2.24. The zero-order chi connectivity index (χ0) is 21.6. The molecule has 1 atom stereocenters. The van der Waals surface area contributed by atoms with E-state index in [0.717, 1.165) is 57.6 Å². The molecule has 1 aromatic rings. The number of sulfonamides is 1. The Kier molecular flexibility index (Phi) is 8.27. The molecule has 1 aliphatic heterocycles. The second-order valence-corrected chi connectivity index (χ2v) is 10.3. The van der Waals surface area contributed by atoms with Crippen LogP contribution in [0.1, 0.15) is 44.2 Å². The van der Waals surface area contributed by atoms with Crippen LogP contribution in [0.2, 0.25) is 0 Å². The number of rotatable bonds is 9. The van der Waals surface area contributed by atoms with Gasteiger partial charge < -0.3 is 10.1 Å². The summed E-state index contributed by atoms with van der Waals surface area (Å²) in [5, 5.41) is 2.97. The highest BCUT2D eigenvalue weighted by molar-refractivity contribution is 7.89. The SMILES string of the molecule is CC(C)C(CNC(=O)CCNS(=O)(=O)c1ccc2c(c1)CCCC2)N1CCOCC1. The minimum absolute atomic E-state index is 0.0924. The number of ether oxygens (including phenoxy) is 1. The normalized spacial score (nSPS) is 18.8. The highest BCUT2D eigenvalue weighted by Gasteiger charge is 2.24. The average Bonchev–Trinajstić information content (AvgIpc) is 2.74. The Hall–Kier alpha value is -1.48. The lowest BCUT2D eigenvalue weighted by molar-refractivity contribution is -0.121. The summed E-state index contributed by atoms with van der Waals surface area (Å²) in [5.74, 6) is 0.271. The lowest BCUT2D eigenvalue weighted by Gasteiger charge is -2.36. The molecular weight excluding hydrogens is 402 g/mol. The molecule has 1 heterocycles. The molecule has 2 aliphatic rings. The zero-order valence-corrected chi connectivity index (χ0v) is 19.0. The number of hydrogen-bond donors (Lipinski definition) is 2. The highest BCUT2D eigenvalue weighted by atomic mass is 32.2. The van der Waals surface area contributed by atoms with Crippen LogP contribution in [-0.2, 0) is 32.4 Å². The molecule has 168 valence electrons. The van der Waals surface area contributed by atoms with E-state index in [-0.39, 0.29) is 29.8 Å². The minimum atomic E-state index is -3.60. The second kappa shape index (κ2) is 10.7. The van der Waals surface area contributed by atoms with Gasteiger partial charge >= 0.3 is 0 Å². The number of hydrogen-bond acceptors (Lipinski definition) is 5. The smallest absolute Gasteiger partial charge is 0.240 e. The first kappa shape index (κ1) is 23.2. The quantitative estimate of drug-likeness (QED) is 0.614. The molecule has 3 rings (SSSR count). The van der Waals surface area contributed by atoms with Gasteiger partial charge in [0.2, 0.25) is 15.9 Å². The third kappa shape index (κ3) is 6.26. The molecular formula is C22H35N3O4S. The molecule has 8 heteroatoms. The first-order chi connectivity index (χ1) is 14.4. The van der Waals surface area contributed by atoms with Crippen molar-refractivity contribution in [2.24, 2.45) is 5.92 Å². The van der Waals surface area contributed by atoms with Crippen LogP contribution >= 0.6 is 0 Å². The van der Waals surface area contributed by atoms with Crippen molar-refractivity contribution in [1.82, 2.24) is 14.9 Å². The van der Waals surface area contributed by atoms with Crippen molar-refractivity contribution in [3.63, 3.8) is 0 Å². The van der Waals surface area contributed by atoms with Crippen LogP contribution < -0.4 is 10.0 Å². The number of nitrogens with zero attached hydrogens (tertiary/aromatic N) is 1. The maximum absolute atomic E-state index is 12.6. The molecule has 2 N–H and O–H groups in total. The summed E-state index contributed by atoms with van der Waals surface area (Å²) in [5.41, 5.74) is 2.38. The standard InChI is InChI=1S/C22H35N3O4S/c1-17(2)21(25-11-13-29-14-12-25)16-23-22(26)9-10-24-30(27,28)20-8-7-18-5-3-4-6-19(18)15-20/h7-8,15,17,21,24H,3-6,9-14,16H2,1-2H3,(H,23,26). The minimum Gasteiger partial charge on any atom is -0.379 e. The van der Waals surface area contributed by atoms with Gasteiger partial charge in [0.25, 0.3) is 0 Å². The predicted molar refractivity (Wildman–Crippen MR) is 117 cm³/mol. The number of carbonyl (C=O) groups excluding carboxylic acids is 1. The van der Waals surface area contributed by atoms with Crippen molar-refractivity contribution in [1.29, 1.82) is 0 Å². The van der Waals surface area contributed by atoms with Gasteiger partial charge in [-0.3, -0.25) is 9.69 Å². The van der Waals surface area contributed by atoms with E-state index in [0.29, 0.717) is 12.5 Å². The van der Waals surface area contributed by atoms with Gasteiger partial charge in [-0.1, -0.05) is 19.9 Å². The Morgan fingerprint density at radius 2 is 1.83 bits per heavy atom. The molecule has 1 fully saturated rings. The van der Waals surface area contributed by atoms with E-state index in [2.05, 4.69) is 28.8 Å². The lowest BCUT2D eigenvalue weighted by atomic mass is 9.92. The van der Waals surface area contributed by atoms with E-state index in [4.69, 9.17) is 4.74 Å². The van der Waals surface area contributed by atoms with Crippen LogP contribution in [0.4, 0.5) is 0 Å². The molecule has 1 amide bonds. The maximum Gasteiger partial charge on any atom is 0.240 e. The molecule has 0 aromatic heterocycles.